The molecule has 0 saturated carbocycles. The highest BCUT2D eigenvalue weighted by Crippen LogP contribution is 2.25. The van der Waals surface area contributed by atoms with Gasteiger partial charge in [-0.3, -0.25) is 10.1 Å². The second kappa shape index (κ2) is 8.87. The molecule has 1 aromatic heterocycles. The molecule has 31 heavy (non-hydrogen) atoms. The van der Waals surface area contributed by atoms with Crippen molar-refractivity contribution < 1.29 is 23.5 Å². The van der Waals surface area contributed by atoms with E-state index in [2.05, 4.69) is 10.3 Å². The van der Waals surface area contributed by atoms with E-state index in [1.165, 1.54) is 0 Å². The number of allylic oxidation sites excluding steroid dienone is 1. The first-order chi connectivity index (χ1) is 15.0. The van der Waals surface area contributed by atoms with Crippen molar-refractivity contribution in [2.24, 2.45) is 0 Å². The topological polar surface area (TPSA) is 90.7 Å². The number of hydrogen-bond donors (Lipinski definition) is 1. The van der Waals surface area contributed by atoms with Crippen LogP contribution in [0.25, 0.3) is 17.0 Å². The summed E-state index contributed by atoms with van der Waals surface area (Å²) in [5, 5.41) is 2.13. The molecule has 1 aliphatic heterocycles. The van der Waals surface area contributed by atoms with E-state index in [0.717, 1.165) is 28.2 Å². The van der Waals surface area contributed by atoms with Crippen molar-refractivity contribution in [2.45, 2.75) is 33.0 Å². The average molecular weight is 418 g/mol. The van der Waals surface area contributed by atoms with Crippen LogP contribution in [0.3, 0.4) is 0 Å². The van der Waals surface area contributed by atoms with Crippen LogP contribution >= 0.6 is 0 Å². The molecule has 2 heterocycles. The summed E-state index contributed by atoms with van der Waals surface area (Å²) in [7, 11) is 0. The molecule has 1 unspecified atom stereocenters. The Balaban J connectivity index is 1.41. The minimum absolute atomic E-state index is 0.284. The largest absolute Gasteiger partial charge is 0.487 e. The number of nitrogens with zero attached hydrogens (tertiary/aromatic N) is 1. The fourth-order valence-electron chi connectivity index (χ4n) is 3.20. The number of rotatable bonds is 7. The molecule has 7 nitrogen and oxygen atoms in total. The lowest BCUT2D eigenvalue weighted by Gasteiger charge is -2.08. The van der Waals surface area contributed by atoms with Crippen molar-refractivity contribution >= 4 is 17.6 Å². The minimum Gasteiger partial charge on any atom is -0.487 e. The molecule has 2 amide bonds. The monoisotopic (exact) mass is 418 g/mol. The Labute approximate surface area is 179 Å². The summed E-state index contributed by atoms with van der Waals surface area (Å²) in [6.45, 7) is 4.09. The van der Waals surface area contributed by atoms with E-state index >= 15 is 0 Å². The molecule has 1 saturated heterocycles. The summed E-state index contributed by atoms with van der Waals surface area (Å²) in [5.41, 5.74) is 3.56. The van der Waals surface area contributed by atoms with E-state index in [4.69, 9.17) is 13.9 Å². The summed E-state index contributed by atoms with van der Waals surface area (Å²) >= 11 is 0. The van der Waals surface area contributed by atoms with Crippen molar-refractivity contribution in [1.29, 1.82) is 0 Å². The van der Waals surface area contributed by atoms with E-state index in [9.17, 15) is 9.59 Å². The molecule has 1 atom stereocenters. The molecule has 7 heteroatoms. The van der Waals surface area contributed by atoms with Gasteiger partial charge in [0.2, 0.25) is 5.89 Å². The van der Waals surface area contributed by atoms with Gasteiger partial charge >= 0.3 is 6.09 Å². The van der Waals surface area contributed by atoms with E-state index < -0.39 is 18.1 Å². The van der Waals surface area contributed by atoms with Crippen LogP contribution in [-0.4, -0.2) is 23.1 Å². The summed E-state index contributed by atoms with van der Waals surface area (Å²) in [5.74, 6) is 1.57. The number of ether oxygens (including phenoxy) is 2. The maximum absolute atomic E-state index is 11.6. The highest BCUT2D eigenvalue weighted by atomic mass is 16.6. The Hall–Kier alpha value is -3.87. The van der Waals surface area contributed by atoms with Crippen LogP contribution < -0.4 is 10.1 Å². The number of carbonyl (C=O) groups is 2. The van der Waals surface area contributed by atoms with Gasteiger partial charge < -0.3 is 13.9 Å². The first-order valence-electron chi connectivity index (χ1n) is 9.93. The smallest absolute Gasteiger partial charge is 0.414 e. The number of aromatic nitrogens is 1. The third-order valence-electron chi connectivity index (χ3n) is 4.98. The maximum Gasteiger partial charge on any atom is 0.414 e. The van der Waals surface area contributed by atoms with Gasteiger partial charge in [-0.2, -0.15) is 0 Å². The first-order valence-corrected chi connectivity index (χ1v) is 9.93. The number of benzene rings is 2. The molecule has 0 bridgehead atoms. The Bertz CT molecular complexity index is 1130. The van der Waals surface area contributed by atoms with E-state index in [1.807, 2.05) is 74.5 Å². The number of alkyl carbamates (subject to hydrolysis) is 1. The fraction of sp³-hybridized carbons (Fsp3) is 0.208. The van der Waals surface area contributed by atoms with Crippen molar-refractivity contribution in [3.8, 4) is 17.2 Å². The molecular formula is C24H22N2O5. The zero-order valence-electron chi connectivity index (χ0n) is 17.3. The van der Waals surface area contributed by atoms with Crippen molar-refractivity contribution in [2.75, 3.05) is 0 Å². The molecule has 0 spiro atoms. The van der Waals surface area contributed by atoms with Gasteiger partial charge in [0.05, 0.1) is 0 Å². The Morgan fingerprint density at radius 3 is 2.71 bits per heavy atom. The number of nitrogens with one attached hydrogen (secondary N) is 1. The predicted molar refractivity (Wildman–Crippen MR) is 114 cm³/mol. The van der Waals surface area contributed by atoms with Crippen LogP contribution in [-0.2, 0) is 16.1 Å². The van der Waals surface area contributed by atoms with Gasteiger partial charge in [0.15, 0.2) is 6.10 Å². The molecular weight excluding hydrogens is 396 g/mol. The Morgan fingerprint density at radius 2 is 1.97 bits per heavy atom. The lowest BCUT2D eigenvalue weighted by Crippen LogP contribution is -2.23. The van der Waals surface area contributed by atoms with Gasteiger partial charge in [-0.1, -0.05) is 36.4 Å². The van der Waals surface area contributed by atoms with Gasteiger partial charge in [0, 0.05) is 12.0 Å². The van der Waals surface area contributed by atoms with Gasteiger partial charge in [0.1, 0.15) is 23.8 Å². The number of hydrogen-bond acceptors (Lipinski definition) is 6. The van der Waals surface area contributed by atoms with Crippen LogP contribution in [0.4, 0.5) is 4.79 Å². The zero-order valence-corrected chi connectivity index (χ0v) is 17.3. The van der Waals surface area contributed by atoms with E-state index in [1.54, 1.807) is 0 Å². The molecule has 4 rings (SSSR count). The first kappa shape index (κ1) is 20.4. The van der Waals surface area contributed by atoms with Gasteiger partial charge in [-0.25, -0.2) is 9.78 Å². The molecule has 1 aliphatic rings. The number of oxazole rings is 1. The maximum atomic E-state index is 11.6. The summed E-state index contributed by atoms with van der Waals surface area (Å²) < 4.78 is 16.6. The summed E-state index contributed by atoms with van der Waals surface area (Å²) in [6, 6.07) is 17.4. The predicted octanol–water partition coefficient (Wildman–Crippen LogP) is 4.66. The minimum atomic E-state index is -0.782. The second-order valence-corrected chi connectivity index (χ2v) is 7.21. The molecule has 0 radical (unpaired) electrons. The van der Waals surface area contributed by atoms with Gasteiger partial charge in [0.25, 0.3) is 5.91 Å². The zero-order chi connectivity index (χ0) is 21.8. The highest BCUT2D eigenvalue weighted by Gasteiger charge is 2.30. The van der Waals surface area contributed by atoms with Crippen molar-refractivity contribution in [3.63, 3.8) is 0 Å². The lowest BCUT2D eigenvalue weighted by molar-refractivity contribution is -0.123. The Morgan fingerprint density at radius 1 is 1.16 bits per heavy atom. The number of amides is 2. The molecule has 1 N–H and O–H groups in total. The quantitative estimate of drug-likeness (QED) is 0.600. The molecule has 0 aliphatic carbocycles. The third kappa shape index (κ3) is 4.83. The fourth-order valence-corrected chi connectivity index (χ4v) is 3.20. The van der Waals surface area contributed by atoms with Gasteiger partial charge in [-0.15, -0.1) is 0 Å². The molecule has 3 aromatic rings. The van der Waals surface area contributed by atoms with Gasteiger partial charge in [-0.05, 0) is 49.2 Å². The van der Waals surface area contributed by atoms with E-state index in [0.29, 0.717) is 18.1 Å². The summed E-state index contributed by atoms with van der Waals surface area (Å²) in [6.07, 6.45) is 0.705. The molecule has 1 fully saturated rings. The Kier molecular flexibility index (Phi) is 5.84. The van der Waals surface area contributed by atoms with Crippen LogP contribution in [0.5, 0.6) is 5.75 Å². The SMILES string of the molecule is C/C(=C\CC1OC(=O)NC1=O)c1cccc(OCc2nc(-c3ccccc3)oc2C)c1. The highest BCUT2D eigenvalue weighted by molar-refractivity contribution is 6.00. The summed E-state index contributed by atoms with van der Waals surface area (Å²) in [4.78, 5) is 27.3. The van der Waals surface area contributed by atoms with Crippen LogP contribution in [0.2, 0.25) is 0 Å². The number of imide groups is 1. The average Bonchev–Trinajstić information content (AvgIpc) is 3.32. The van der Waals surface area contributed by atoms with Crippen LogP contribution in [0, 0.1) is 6.92 Å². The second-order valence-electron chi connectivity index (χ2n) is 7.21. The lowest BCUT2D eigenvalue weighted by atomic mass is 10.0. The number of aryl methyl sites for hydroxylation is 1. The standard InChI is InChI=1S/C24H22N2O5/c1-15(11-12-21-22(27)26-24(28)31-21)18-9-6-10-19(13-18)29-14-20-16(2)30-23(25-20)17-7-4-3-5-8-17/h3-11,13,21H,12,14H2,1-2H3,(H,26,27,28)/b15-11+. The molecule has 2 aromatic carbocycles. The normalized spacial score (nSPS) is 16.2. The number of cyclic esters (lactones) is 1. The number of carbonyl (C=O) groups excluding carboxylic acids is 2. The third-order valence-corrected chi connectivity index (χ3v) is 4.98. The van der Waals surface area contributed by atoms with Crippen molar-refractivity contribution in [3.05, 3.63) is 77.7 Å². The van der Waals surface area contributed by atoms with Crippen molar-refractivity contribution in [1.82, 2.24) is 10.3 Å². The van der Waals surface area contributed by atoms with E-state index in [-0.39, 0.29) is 6.61 Å². The van der Waals surface area contributed by atoms with Crippen LogP contribution in [0.15, 0.2) is 65.1 Å². The molecule has 158 valence electrons. The van der Waals surface area contributed by atoms with Crippen LogP contribution in [0.1, 0.15) is 30.4 Å².